The van der Waals surface area contributed by atoms with Crippen molar-refractivity contribution >= 4 is 22.7 Å². The standard InChI is InChI=1S/C16H13FN2S/c17-13-6-2-4-8-15(13)20-16-12(10-18)9-11-5-1-3-7-14(11)19-16/h1-9H,10,18H2. The van der Waals surface area contributed by atoms with Crippen LogP contribution in [0.4, 0.5) is 4.39 Å². The lowest BCUT2D eigenvalue weighted by atomic mass is 10.1. The summed E-state index contributed by atoms with van der Waals surface area (Å²) in [6, 6.07) is 16.6. The van der Waals surface area contributed by atoms with Crippen molar-refractivity contribution in [3.8, 4) is 0 Å². The highest BCUT2D eigenvalue weighted by Gasteiger charge is 2.10. The molecule has 2 N–H and O–H groups in total. The third-order valence-corrected chi connectivity index (χ3v) is 4.12. The fourth-order valence-corrected chi connectivity index (χ4v) is 2.95. The minimum Gasteiger partial charge on any atom is -0.326 e. The van der Waals surface area contributed by atoms with Crippen molar-refractivity contribution in [3.05, 3.63) is 66.0 Å². The predicted octanol–water partition coefficient (Wildman–Crippen LogP) is 3.98. The summed E-state index contributed by atoms with van der Waals surface area (Å²) in [5.41, 5.74) is 7.61. The number of hydrogen-bond donors (Lipinski definition) is 1. The van der Waals surface area contributed by atoms with Crippen LogP contribution in [-0.2, 0) is 6.54 Å². The van der Waals surface area contributed by atoms with E-state index in [-0.39, 0.29) is 5.82 Å². The molecular weight excluding hydrogens is 271 g/mol. The van der Waals surface area contributed by atoms with Crippen molar-refractivity contribution < 1.29 is 4.39 Å². The topological polar surface area (TPSA) is 38.9 Å². The number of rotatable bonds is 3. The summed E-state index contributed by atoms with van der Waals surface area (Å²) in [4.78, 5) is 5.16. The van der Waals surface area contributed by atoms with Gasteiger partial charge in [-0.1, -0.05) is 42.1 Å². The van der Waals surface area contributed by atoms with Crippen LogP contribution in [0.3, 0.4) is 0 Å². The molecule has 0 aliphatic rings. The highest BCUT2D eigenvalue weighted by atomic mass is 32.2. The zero-order chi connectivity index (χ0) is 13.9. The second kappa shape index (κ2) is 5.61. The van der Waals surface area contributed by atoms with Crippen molar-refractivity contribution in [1.82, 2.24) is 4.98 Å². The molecule has 3 aromatic rings. The van der Waals surface area contributed by atoms with E-state index in [1.807, 2.05) is 36.4 Å². The van der Waals surface area contributed by atoms with Crippen LogP contribution in [0, 0.1) is 5.82 Å². The molecule has 4 heteroatoms. The summed E-state index contributed by atoms with van der Waals surface area (Å²) in [6.07, 6.45) is 0. The fraction of sp³-hybridized carbons (Fsp3) is 0.0625. The van der Waals surface area contributed by atoms with E-state index in [0.29, 0.717) is 11.4 Å². The van der Waals surface area contributed by atoms with Crippen molar-refractivity contribution in [2.45, 2.75) is 16.5 Å². The van der Waals surface area contributed by atoms with Gasteiger partial charge in [-0.25, -0.2) is 9.37 Å². The van der Waals surface area contributed by atoms with Gasteiger partial charge in [0.1, 0.15) is 10.8 Å². The highest BCUT2D eigenvalue weighted by Crippen LogP contribution is 2.32. The summed E-state index contributed by atoms with van der Waals surface area (Å²) in [5.74, 6) is -0.240. The predicted molar refractivity (Wildman–Crippen MR) is 80.2 cm³/mol. The zero-order valence-electron chi connectivity index (χ0n) is 10.7. The van der Waals surface area contributed by atoms with Crippen LogP contribution in [0.25, 0.3) is 10.9 Å². The minimum absolute atomic E-state index is 0.240. The zero-order valence-corrected chi connectivity index (χ0v) is 11.5. The molecule has 3 rings (SSSR count). The summed E-state index contributed by atoms with van der Waals surface area (Å²) >= 11 is 1.31. The Bertz CT molecular complexity index is 758. The average molecular weight is 284 g/mol. The van der Waals surface area contributed by atoms with Gasteiger partial charge in [-0.3, -0.25) is 0 Å². The molecule has 0 unspecified atom stereocenters. The summed E-state index contributed by atoms with van der Waals surface area (Å²) < 4.78 is 13.7. The average Bonchev–Trinajstić information content (AvgIpc) is 2.49. The van der Waals surface area contributed by atoms with E-state index < -0.39 is 0 Å². The molecule has 100 valence electrons. The van der Waals surface area contributed by atoms with Gasteiger partial charge in [0.05, 0.1) is 5.52 Å². The molecule has 0 fully saturated rings. The van der Waals surface area contributed by atoms with E-state index in [9.17, 15) is 4.39 Å². The Hall–Kier alpha value is -1.91. The summed E-state index contributed by atoms with van der Waals surface area (Å²) in [7, 11) is 0. The van der Waals surface area contributed by atoms with Gasteiger partial charge in [0.25, 0.3) is 0 Å². The molecule has 0 aliphatic heterocycles. The number of pyridine rings is 1. The first-order chi connectivity index (χ1) is 9.78. The van der Waals surface area contributed by atoms with Crippen LogP contribution in [0.5, 0.6) is 0 Å². The number of nitrogens with zero attached hydrogens (tertiary/aromatic N) is 1. The van der Waals surface area contributed by atoms with Crippen LogP contribution in [0.1, 0.15) is 5.56 Å². The third kappa shape index (κ3) is 2.53. The third-order valence-electron chi connectivity index (χ3n) is 3.03. The van der Waals surface area contributed by atoms with E-state index in [2.05, 4.69) is 4.98 Å². The number of halogens is 1. The molecule has 0 radical (unpaired) electrons. The monoisotopic (exact) mass is 284 g/mol. The van der Waals surface area contributed by atoms with Crippen LogP contribution in [0.2, 0.25) is 0 Å². The number of fused-ring (bicyclic) bond motifs is 1. The lowest BCUT2D eigenvalue weighted by Gasteiger charge is -2.09. The normalized spacial score (nSPS) is 10.9. The van der Waals surface area contributed by atoms with E-state index in [1.165, 1.54) is 17.8 Å². The van der Waals surface area contributed by atoms with Crippen molar-refractivity contribution in [2.75, 3.05) is 0 Å². The van der Waals surface area contributed by atoms with Gasteiger partial charge in [-0.05, 0) is 29.8 Å². The summed E-state index contributed by atoms with van der Waals surface area (Å²) in [5, 5.41) is 1.81. The maximum absolute atomic E-state index is 13.7. The molecule has 0 amide bonds. The number of para-hydroxylation sites is 1. The smallest absolute Gasteiger partial charge is 0.137 e. The lowest BCUT2D eigenvalue weighted by Crippen LogP contribution is -2.00. The minimum atomic E-state index is -0.240. The molecule has 20 heavy (non-hydrogen) atoms. The molecular formula is C16H13FN2S. The first kappa shape index (κ1) is 13.1. The molecule has 0 spiro atoms. The SMILES string of the molecule is NCc1cc2ccccc2nc1Sc1ccccc1F. The molecule has 1 heterocycles. The molecule has 0 atom stereocenters. The Morgan fingerprint density at radius 2 is 1.80 bits per heavy atom. The number of benzene rings is 2. The molecule has 0 saturated carbocycles. The van der Waals surface area contributed by atoms with Gasteiger partial charge in [0.2, 0.25) is 0 Å². The maximum atomic E-state index is 13.7. The molecule has 0 bridgehead atoms. The first-order valence-corrected chi connectivity index (χ1v) is 7.10. The molecule has 0 aliphatic carbocycles. The van der Waals surface area contributed by atoms with E-state index >= 15 is 0 Å². The second-order valence-electron chi connectivity index (χ2n) is 4.38. The fourth-order valence-electron chi connectivity index (χ4n) is 2.01. The molecule has 1 aromatic heterocycles. The van der Waals surface area contributed by atoms with Crippen LogP contribution in [-0.4, -0.2) is 4.98 Å². The number of nitrogens with two attached hydrogens (primary N) is 1. The van der Waals surface area contributed by atoms with E-state index in [1.54, 1.807) is 12.1 Å². The maximum Gasteiger partial charge on any atom is 0.137 e. The Morgan fingerprint density at radius 1 is 1.05 bits per heavy atom. The molecule has 2 nitrogen and oxygen atoms in total. The van der Waals surface area contributed by atoms with Crippen LogP contribution in [0.15, 0.2) is 64.5 Å². The van der Waals surface area contributed by atoms with Crippen molar-refractivity contribution in [3.63, 3.8) is 0 Å². The van der Waals surface area contributed by atoms with Gasteiger partial charge in [-0.15, -0.1) is 0 Å². The van der Waals surface area contributed by atoms with Crippen LogP contribution >= 0.6 is 11.8 Å². The van der Waals surface area contributed by atoms with Gasteiger partial charge >= 0.3 is 0 Å². The largest absolute Gasteiger partial charge is 0.326 e. The first-order valence-electron chi connectivity index (χ1n) is 6.29. The van der Waals surface area contributed by atoms with Gasteiger partial charge in [0, 0.05) is 16.8 Å². The van der Waals surface area contributed by atoms with E-state index in [4.69, 9.17) is 5.73 Å². The van der Waals surface area contributed by atoms with Gasteiger partial charge in [0.15, 0.2) is 0 Å². The Kier molecular flexibility index (Phi) is 3.67. The van der Waals surface area contributed by atoms with Gasteiger partial charge < -0.3 is 5.73 Å². The number of aromatic nitrogens is 1. The lowest BCUT2D eigenvalue weighted by molar-refractivity contribution is 0.602. The quantitative estimate of drug-likeness (QED) is 0.790. The van der Waals surface area contributed by atoms with Crippen molar-refractivity contribution in [2.24, 2.45) is 5.73 Å². The molecule has 2 aromatic carbocycles. The van der Waals surface area contributed by atoms with E-state index in [0.717, 1.165) is 21.5 Å². The second-order valence-corrected chi connectivity index (χ2v) is 5.41. The van der Waals surface area contributed by atoms with Gasteiger partial charge in [-0.2, -0.15) is 0 Å². The summed E-state index contributed by atoms with van der Waals surface area (Å²) in [6.45, 7) is 0.384. The Morgan fingerprint density at radius 3 is 2.60 bits per heavy atom. The Balaban J connectivity index is 2.08. The molecule has 0 saturated heterocycles. The Labute approximate surface area is 120 Å². The van der Waals surface area contributed by atoms with Crippen LogP contribution < -0.4 is 5.73 Å². The highest BCUT2D eigenvalue weighted by molar-refractivity contribution is 7.99. The number of hydrogen-bond acceptors (Lipinski definition) is 3. The van der Waals surface area contributed by atoms with Crippen molar-refractivity contribution in [1.29, 1.82) is 0 Å².